The summed E-state index contributed by atoms with van der Waals surface area (Å²) in [5, 5.41) is 8.93. The summed E-state index contributed by atoms with van der Waals surface area (Å²) in [4.78, 5) is 51.4. The number of ether oxygens (including phenoxy) is 1. The second-order valence-corrected chi connectivity index (χ2v) is 15.0. The topological polar surface area (TPSA) is 170 Å². The minimum Gasteiger partial charge on any atom is -0.491 e. The van der Waals surface area contributed by atoms with E-state index in [1.54, 1.807) is 38.2 Å². The molecule has 58 heavy (non-hydrogen) atoms. The van der Waals surface area contributed by atoms with Crippen molar-refractivity contribution in [3.05, 3.63) is 99.3 Å². The summed E-state index contributed by atoms with van der Waals surface area (Å²) < 4.78 is 17.4. The van der Waals surface area contributed by atoms with E-state index in [1.807, 2.05) is 108 Å². The van der Waals surface area contributed by atoms with Crippen LogP contribution in [0, 0.1) is 13.8 Å². The van der Waals surface area contributed by atoms with E-state index in [4.69, 9.17) is 15.5 Å². The van der Waals surface area contributed by atoms with Gasteiger partial charge in [0.05, 0.1) is 34.5 Å². The van der Waals surface area contributed by atoms with Crippen LogP contribution in [0.1, 0.15) is 76.8 Å². The van der Waals surface area contributed by atoms with Crippen LogP contribution in [0.3, 0.4) is 0 Å². The van der Waals surface area contributed by atoms with Crippen LogP contribution in [-0.4, -0.2) is 87.7 Å². The molecule has 0 saturated heterocycles. The fourth-order valence-electron chi connectivity index (χ4n) is 7.23. The minimum absolute atomic E-state index is 0.344. The van der Waals surface area contributed by atoms with Gasteiger partial charge in [0.15, 0.2) is 0 Å². The molecule has 2 aromatic carbocycles. The molecule has 0 atom stereocenters. The number of nitrogens with two attached hydrogens (primary N) is 1. The SMILES string of the molecule is CCn1nc(C)cc1C(=O)N=c1n(C)c2cc(C(N)=O)ccc2n1C/C(C)=C(\C)Cn1c(=NC(=O)c2cc(C)nn2CC)n(C)c2cccc(OCCCN(C)C)c21. The molecule has 0 spiro atoms. The van der Waals surface area contributed by atoms with Crippen molar-refractivity contribution in [2.24, 2.45) is 29.8 Å². The van der Waals surface area contributed by atoms with Crippen molar-refractivity contribution in [2.75, 3.05) is 27.2 Å². The molecular weight excluding hydrogens is 737 g/mol. The van der Waals surface area contributed by atoms with Crippen LogP contribution in [-0.2, 0) is 40.3 Å². The zero-order valence-electron chi connectivity index (χ0n) is 35.2. The number of aryl methyl sites for hydroxylation is 6. The van der Waals surface area contributed by atoms with Gasteiger partial charge in [0.25, 0.3) is 11.8 Å². The van der Waals surface area contributed by atoms with E-state index in [1.165, 1.54) is 0 Å². The van der Waals surface area contributed by atoms with Gasteiger partial charge in [-0.05, 0) is 105 Å². The minimum atomic E-state index is -0.555. The Hall–Kier alpha value is -6.29. The fourth-order valence-corrected chi connectivity index (χ4v) is 7.23. The number of benzene rings is 2. The lowest BCUT2D eigenvalue weighted by molar-refractivity contribution is 0.0977. The van der Waals surface area contributed by atoms with Crippen LogP contribution >= 0.6 is 0 Å². The van der Waals surface area contributed by atoms with Gasteiger partial charge >= 0.3 is 0 Å². The Labute approximate surface area is 337 Å². The van der Waals surface area contributed by atoms with Crippen molar-refractivity contribution in [3.8, 4) is 5.75 Å². The van der Waals surface area contributed by atoms with Gasteiger partial charge in [0.2, 0.25) is 17.1 Å². The van der Waals surface area contributed by atoms with Gasteiger partial charge in [-0.25, -0.2) is 0 Å². The maximum absolute atomic E-state index is 13.9. The van der Waals surface area contributed by atoms with Gasteiger partial charge in [0, 0.05) is 52.4 Å². The Morgan fingerprint density at radius 3 is 1.86 bits per heavy atom. The average molecular weight is 791 g/mol. The first-order chi connectivity index (χ1) is 27.6. The quantitative estimate of drug-likeness (QED) is 0.127. The van der Waals surface area contributed by atoms with Crippen LogP contribution in [0.25, 0.3) is 22.1 Å². The van der Waals surface area contributed by atoms with Crippen LogP contribution in [0.5, 0.6) is 5.75 Å². The Bertz CT molecular complexity index is 2730. The van der Waals surface area contributed by atoms with Crippen LogP contribution in [0.4, 0.5) is 0 Å². The molecule has 0 aliphatic carbocycles. The Morgan fingerprint density at radius 2 is 1.31 bits per heavy atom. The Morgan fingerprint density at radius 1 is 0.759 bits per heavy atom. The molecule has 6 rings (SSSR count). The van der Waals surface area contributed by atoms with Crippen LogP contribution in [0.15, 0.2) is 69.7 Å². The average Bonchev–Trinajstić information content (AvgIpc) is 3.91. The van der Waals surface area contributed by atoms with Gasteiger partial charge in [-0.2, -0.15) is 20.2 Å². The van der Waals surface area contributed by atoms with Gasteiger partial charge in [0.1, 0.15) is 22.7 Å². The van der Waals surface area contributed by atoms with Gasteiger partial charge in [-0.3, -0.25) is 23.7 Å². The summed E-state index contributed by atoms with van der Waals surface area (Å²) in [6.07, 6.45) is 0.837. The highest BCUT2D eigenvalue weighted by Crippen LogP contribution is 2.27. The molecule has 0 saturated carbocycles. The van der Waals surface area contributed by atoms with Crippen LogP contribution < -0.4 is 21.7 Å². The number of primary amides is 1. The Balaban J connectivity index is 1.50. The number of carbonyl (C=O) groups is 3. The van der Waals surface area contributed by atoms with Gasteiger partial charge in [-0.1, -0.05) is 17.2 Å². The number of imidazole rings is 2. The third kappa shape index (κ3) is 8.23. The van der Waals surface area contributed by atoms with Crippen molar-refractivity contribution in [3.63, 3.8) is 0 Å². The number of aromatic nitrogens is 8. The van der Waals surface area contributed by atoms with E-state index < -0.39 is 17.7 Å². The molecule has 3 amide bonds. The lowest BCUT2D eigenvalue weighted by Crippen LogP contribution is -2.28. The standard InChI is InChI=1S/C42H54N12O4/c1-11-53-34(21-28(5)46-53)39(56)44-41-50(10)33-23-30(38(43)55)17-18-31(33)51(41)24-26(3)27(4)25-52-37-32(15-13-16-36(37)58-20-14-19-48(7)8)49(9)42(52)45-40(57)35-22-29(6)47-54(35)12-2/h13,15-18,21-23H,11-12,14,19-20,24-25H2,1-10H3,(H2,43,55)/b27-26+,44-41?,45-42?. The number of para-hydroxylation sites is 1. The van der Waals surface area contributed by atoms with E-state index in [0.29, 0.717) is 72.2 Å². The molecule has 16 nitrogen and oxygen atoms in total. The van der Waals surface area contributed by atoms with Crippen LogP contribution in [0.2, 0.25) is 0 Å². The van der Waals surface area contributed by atoms with Gasteiger partial charge in [-0.15, -0.1) is 0 Å². The van der Waals surface area contributed by atoms with Crippen molar-refractivity contribution in [2.45, 2.75) is 74.1 Å². The first kappa shape index (κ1) is 41.3. The predicted octanol–water partition coefficient (Wildman–Crippen LogP) is 4.27. The van der Waals surface area contributed by atoms with Gasteiger partial charge < -0.3 is 33.6 Å². The third-order valence-corrected chi connectivity index (χ3v) is 10.4. The molecule has 4 heterocycles. The van der Waals surface area contributed by atoms with Crippen molar-refractivity contribution < 1.29 is 19.1 Å². The Kier molecular flexibility index (Phi) is 12.2. The molecule has 306 valence electrons. The lowest BCUT2D eigenvalue weighted by atomic mass is 10.1. The fraction of sp³-hybridized carbons (Fsp3) is 0.405. The molecular formula is C42H54N12O4. The number of hydrogen-bond acceptors (Lipinski definition) is 7. The first-order valence-corrected chi connectivity index (χ1v) is 19.5. The van der Waals surface area contributed by atoms with Crippen molar-refractivity contribution in [1.29, 1.82) is 0 Å². The molecule has 0 aliphatic heterocycles. The molecule has 0 fully saturated rings. The monoisotopic (exact) mass is 790 g/mol. The van der Waals surface area contributed by atoms with E-state index in [9.17, 15) is 14.4 Å². The van der Waals surface area contributed by atoms with Crippen molar-refractivity contribution >= 4 is 39.8 Å². The second kappa shape index (κ2) is 17.1. The largest absolute Gasteiger partial charge is 0.491 e. The second-order valence-electron chi connectivity index (χ2n) is 15.0. The first-order valence-electron chi connectivity index (χ1n) is 19.5. The van der Waals surface area contributed by atoms with E-state index in [-0.39, 0.29) is 0 Å². The summed E-state index contributed by atoms with van der Waals surface area (Å²) in [6, 6.07) is 14.6. The molecule has 16 heteroatoms. The summed E-state index contributed by atoms with van der Waals surface area (Å²) >= 11 is 0. The van der Waals surface area contributed by atoms with E-state index in [0.717, 1.165) is 52.0 Å². The highest BCUT2D eigenvalue weighted by molar-refractivity contribution is 5.97. The number of allylic oxidation sites excluding steroid dienone is 2. The zero-order chi connectivity index (χ0) is 42.0. The highest BCUT2D eigenvalue weighted by Gasteiger charge is 2.21. The lowest BCUT2D eigenvalue weighted by Gasteiger charge is -2.14. The smallest absolute Gasteiger partial charge is 0.298 e. The molecule has 0 bridgehead atoms. The number of hydrogen-bond donors (Lipinski definition) is 1. The summed E-state index contributed by atoms with van der Waals surface area (Å²) in [6.45, 7) is 14.8. The zero-order valence-corrected chi connectivity index (χ0v) is 35.2. The summed E-state index contributed by atoms with van der Waals surface area (Å²) in [5.74, 6) is -0.697. The number of rotatable bonds is 14. The number of fused-ring (bicyclic) bond motifs is 2. The molecule has 0 radical (unpaired) electrons. The predicted molar refractivity (Wildman–Crippen MR) is 222 cm³/mol. The molecule has 2 N–H and O–H groups in total. The summed E-state index contributed by atoms with van der Waals surface area (Å²) in [5.41, 5.74) is 14.2. The number of carbonyl (C=O) groups excluding carboxylic acids is 3. The number of amides is 3. The maximum atomic E-state index is 13.9. The summed E-state index contributed by atoms with van der Waals surface area (Å²) in [7, 11) is 7.78. The highest BCUT2D eigenvalue weighted by atomic mass is 16.5. The van der Waals surface area contributed by atoms with Crippen molar-refractivity contribution in [1.82, 2.24) is 42.7 Å². The molecule has 6 aromatic rings. The van der Waals surface area contributed by atoms with E-state index >= 15 is 0 Å². The van der Waals surface area contributed by atoms with E-state index in [2.05, 4.69) is 20.1 Å². The molecule has 0 aliphatic rings. The number of nitrogens with zero attached hydrogens (tertiary/aromatic N) is 11. The third-order valence-electron chi connectivity index (χ3n) is 10.4. The maximum Gasteiger partial charge on any atom is 0.298 e. The molecule has 4 aromatic heterocycles. The molecule has 0 unspecified atom stereocenters. The normalized spacial score (nSPS) is 13.0.